The molecule has 2 heterocycles. The normalized spacial score (nSPS) is 11.1. The molecule has 1 N–H and O–H groups in total. The maximum atomic E-state index is 11.7. The summed E-state index contributed by atoms with van der Waals surface area (Å²) in [5.74, 6) is 0.0764. The van der Waals surface area contributed by atoms with Crippen molar-refractivity contribution < 1.29 is 14.3 Å². The molecular weight excluding hydrogens is 286 g/mol. The first-order chi connectivity index (χ1) is 10.3. The van der Waals surface area contributed by atoms with E-state index in [1.165, 1.54) is 36.4 Å². The molecular formula is C14H17N5O3. The van der Waals surface area contributed by atoms with Crippen LogP contribution in [0.25, 0.3) is 5.82 Å². The fourth-order valence-corrected chi connectivity index (χ4v) is 1.67. The smallest absolute Gasteiger partial charge is 0.412 e. The molecule has 22 heavy (non-hydrogen) atoms. The minimum Gasteiger partial charge on any atom is -0.444 e. The molecule has 116 valence electrons. The Bertz CT molecular complexity index is 702. The Kier molecular flexibility index (Phi) is 4.20. The highest BCUT2D eigenvalue weighted by molar-refractivity contribution is 5.95. The lowest BCUT2D eigenvalue weighted by Gasteiger charge is -2.19. The van der Waals surface area contributed by atoms with Crippen molar-refractivity contribution in [1.29, 1.82) is 0 Å². The fraction of sp³-hybridized carbons (Fsp3) is 0.357. The zero-order chi connectivity index (χ0) is 16.3. The molecule has 0 aliphatic carbocycles. The maximum absolute atomic E-state index is 11.7. The molecule has 0 fully saturated rings. The zero-order valence-corrected chi connectivity index (χ0v) is 12.8. The summed E-state index contributed by atoms with van der Waals surface area (Å²) >= 11 is 0. The Labute approximate surface area is 127 Å². The molecule has 0 radical (unpaired) electrons. The number of anilines is 1. The van der Waals surface area contributed by atoms with E-state index < -0.39 is 11.7 Å². The SMILES string of the molecule is CC(=O)c1nccnc1-n1cc(NC(=O)OC(C)(C)C)cn1. The molecule has 0 bridgehead atoms. The van der Waals surface area contributed by atoms with Crippen LogP contribution in [0.5, 0.6) is 0 Å². The second-order valence-corrected chi connectivity index (χ2v) is 5.59. The van der Waals surface area contributed by atoms with E-state index in [2.05, 4.69) is 20.4 Å². The molecule has 0 spiro atoms. The van der Waals surface area contributed by atoms with Crippen LogP contribution in [0.3, 0.4) is 0 Å². The number of ether oxygens (including phenoxy) is 1. The summed E-state index contributed by atoms with van der Waals surface area (Å²) in [5.41, 5.74) is 0.0380. The molecule has 2 rings (SSSR count). The summed E-state index contributed by atoms with van der Waals surface area (Å²) in [7, 11) is 0. The lowest BCUT2D eigenvalue weighted by molar-refractivity contribution is 0.0635. The highest BCUT2D eigenvalue weighted by Crippen LogP contribution is 2.14. The number of hydrogen-bond acceptors (Lipinski definition) is 6. The van der Waals surface area contributed by atoms with Crippen molar-refractivity contribution in [3.8, 4) is 5.82 Å². The first-order valence-corrected chi connectivity index (χ1v) is 6.63. The van der Waals surface area contributed by atoms with Crippen LogP contribution >= 0.6 is 0 Å². The van der Waals surface area contributed by atoms with E-state index in [1.54, 1.807) is 20.8 Å². The minimum absolute atomic E-state index is 0.203. The van der Waals surface area contributed by atoms with Gasteiger partial charge < -0.3 is 4.74 Å². The summed E-state index contributed by atoms with van der Waals surface area (Å²) in [4.78, 5) is 31.3. The maximum Gasteiger partial charge on any atom is 0.412 e. The van der Waals surface area contributed by atoms with Crippen molar-refractivity contribution in [3.63, 3.8) is 0 Å². The van der Waals surface area contributed by atoms with Gasteiger partial charge in [0.25, 0.3) is 0 Å². The molecule has 0 saturated heterocycles. The standard InChI is InChI=1S/C14H17N5O3/c1-9(20)11-12(16-6-5-15-11)19-8-10(7-17-19)18-13(21)22-14(2,3)4/h5-8H,1-4H3,(H,18,21). The van der Waals surface area contributed by atoms with Crippen molar-refractivity contribution in [2.45, 2.75) is 33.3 Å². The number of Topliss-reactive ketones (excluding diaryl/α,β-unsaturated/α-hetero) is 1. The number of nitrogens with one attached hydrogen (secondary N) is 1. The molecule has 0 aliphatic heterocycles. The number of carbonyl (C=O) groups excluding carboxylic acids is 2. The van der Waals surface area contributed by atoms with Gasteiger partial charge in [-0.25, -0.2) is 19.4 Å². The number of amides is 1. The molecule has 8 nitrogen and oxygen atoms in total. The van der Waals surface area contributed by atoms with E-state index in [1.807, 2.05) is 0 Å². The van der Waals surface area contributed by atoms with Gasteiger partial charge in [0, 0.05) is 19.3 Å². The van der Waals surface area contributed by atoms with Gasteiger partial charge in [-0.3, -0.25) is 10.1 Å². The van der Waals surface area contributed by atoms with Crippen LogP contribution in [0.15, 0.2) is 24.8 Å². The molecule has 2 aromatic rings. The lowest BCUT2D eigenvalue weighted by atomic mass is 10.2. The van der Waals surface area contributed by atoms with Crippen LogP contribution in [0.1, 0.15) is 38.2 Å². The van der Waals surface area contributed by atoms with E-state index in [0.29, 0.717) is 11.5 Å². The third kappa shape index (κ3) is 3.87. The van der Waals surface area contributed by atoms with Gasteiger partial charge in [-0.1, -0.05) is 0 Å². The van der Waals surface area contributed by atoms with E-state index in [9.17, 15) is 9.59 Å². The molecule has 0 aliphatic rings. The van der Waals surface area contributed by atoms with Crippen LogP contribution in [0, 0.1) is 0 Å². The third-order valence-electron chi connectivity index (χ3n) is 2.46. The molecule has 0 unspecified atom stereocenters. The van der Waals surface area contributed by atoms with E-state index in [-0.39, 0.29) is 11.5 Å². The number of ketones is 1. The Morgan fingerprint density at radius 3 is 2.55 bits per heavy atom. The number of rotatable bonds is 3. The first-order valence-electron chi connectivity index (χ1n) is 6.63. The molecule has 0 atom stereocenters. The van der Waals surface area contributed by atoms with Crippen LogP contribution in [-0.2, 0) is 4.74 Å². The second-order valence-electron chi connectivity index (χ2n) is 5.59. The number of carbonyl (C=O) groups is 2. The van der Waals surface area contributed by atoms with Gasteiger partial charge in [-0.05, 0) is 20.8 Å². The summed E-state index contributed by atoms with van der Waals surface area (Å²) in [6.07, 6.45) is 5.27. The Morgan fingerprint density at radius 1 is 1.23 bits per heavy atom. The summed E-state index contributed by atoms with van der Waals surface area (Å²) in [6, 6.07) is 0. The fourth-order valence-electron chi connectivity index (χ4n) is 1.67. The van der Waals surface area contributed by atoms with Crippen molar-refractivity contribution in [2.24, 2.45) is 0 Å². The Morgan fingerprint density at radius 2 is 1.91 bits per heavy atom. The van der Waals surface area contributed by atoms with Crippen LogP contribution in [0.2, 0.25) is 0 Å². The average Bonchev–Trinajstić information content (AvgIpc) is 2.84. The van der Waals surface area contributed by atoms with E-state index >= 15 is 0 Å². The van der Waals surface area contributed by atoms with Gasteiger partial charge in [0.1, 0.15) is 5.60 Å². The Hall–Kier alpha value is -2.77. The van der Waals surface area contributed by atoms with Crippen molar-refractivity contribution >= 4 is 17.6 Å². The summed E-state index contributed by atoms with van der Waals surface area (Å²) < 4.78 is 6.52. The van der Waals surface area contributed by atoms with Gasteiger partial charge in [0.05, 0.1) is 18.1 Å². The molecule has 2 aromatic heterocycles. The molecule has 1 amide bonds. The van der Waals surface area contributed by atoms with Crippen molar-refractivity contribution in [2.75, 3.05) is 5.32 Å². The van der Waals surface area contributed by atoms with Crippen LogP contribution in [-0.4, -0.2) is 37.2 Å². The van der Waals surface area contributed by atoms with Crippen LogP contribution in [0.4, 0.5) is 10.5 Å². The topological polar surface area (TPSA) is 99.0 Å². The summed E-state index contributed by atoms with van der Waals surface area (Å²) in [6.45, 7) is 6.72. The largest absolute Gasteiger partial charge is 0.444 e. The van der Waals surface area contributed by atoms with E-state index in [4.69, 9.17) is 4.74 Å². The van der Waals surface area contributed by atoms with Gasteiger partial charge in [-0.2, -0.15) is 5.10 Å². The van der Waals surface area contributed by atoms with Gasteiger partial charge in [-0.15, -0.1) is 0 Å². The van der Waals surface area contributed by atoms with E-state index in [0.717, 1.165) is 0 Å². The van der Waals surface area contributed by atoms with Gasteiger partial charge in [0.15, 0.2) is 17.3 Å². The highest BCUT2D eigenvalue weighted by Gasteiger charge is 2.17. The highest BCUT2D eigenvalue weighted by atomic mass is 16.6. The number of aromatic nitrogens is 4. The number of hydrogen-bond donors (Lipinski definition) is 1. The molecule has 0 saturated carbocycles. The van der Waals surface area contributed by atoms with Gasteiger partial charge >= 0.3 is 6.09 Å². The van der Waals surface area contributed by atoms with Crippen LogP contribution < -0.4 is 5.32 Å². The third-order valence-corrected chi connectivity index (χ3v) is 2.46. The average molecular weight is 303 g/mol. The zero-order valence-electron chi connectivity index (χ0n) is 12.8. The monoisotopic (exact) mass is 303 g/mol. The second kappa shape index (κ2) is 5.92. The quantitative estimate of drug-likeness (QED) is 0.873. The van der Waals surface area contributed by atoms with Gasteiger partial charge in [0.2, 0.25) is 0 Å². The summed E-state index contributed by atoms with van der Waals surface area (Å²) in [5, 5.41) is 6.63. The predicted octanol–water partition coefficient (Wildman–Crippen LogP) is 2.21. The Balaban J connectivity index is 2.19. The predicted molar refractivity (Wildman–Crippen MR) is 79.0 cm³/mol. The van der Waals surface area contributed by atoms with Crippen molar-refractivity contribution in [3.05, 3.63) is 30.5 Å². The minimum atomic E-state index is -0.590. The van der Waals surface area contributed by atoms with Crippen molar-refractivity contribution in [1.82, 2.24) is 19.7 Å². The number of nitrogens with zero attached hydrogens (tertiary/aromatic N) is 4. The first kappa shape index (κ1) is 15.6. The molecule has 8 heteroatoms. The lowest BCUT2D eigenvalue weighted by Crippen LogP contribution is -2.27. The molecule has 0 aromatic carbocycles.